The Labute approximate surface area is 154 Å². The zero-order valence-electron chi connectivity index (χ0n) is 15.9. The van der Waals surface area contributed by atoms with Gasteiger partial charge in [-0.15, -0.1) is 0 Å². The molecule has 26 heavy (non-hydrogen) atoms. The van der Waals surface area contributed by atoms with Gasteiger partial charge >= 0.3 is 0 Å². The van der Waals surface area contributed by atoms with Crippen LogP contribution in [0.15, 0.2) is 21.5 Å². The Bertz CT molecular complexity index is 674. The first-order valence-corrected chi connectivity index (χ1v) is 9.38. The lowest BCUT2D eigenvalue weighted by atomic mass is 9.89. The third-order valence-corrected chi connectivity index (χ3v) is 5.85. The van der Waals surface area contributed by atoms with E-state index in [0.717, 1.165) is 39.0 Å². The van der Waals surface area contributed by atoms with Crippen LogP contribution in [0.4, 0.5) is 0 Å². The molecule has 7 heteroatoms. The maximum Gasteiger partial charge on any atom is 0.289 e. The molecule has 1 atom stereocenters. The third kappa shape index (κ3) is 4.10. The highest BCUT2D eigenvalue weighted by molar-refractivity contribution is 5.91. The van der Waals surface area contributed by atoms with Gasteiger partial charge in [0.15, 0.2) is 5.76 Å². The Morgan fingerprint density at radius 2 is 1.85 bits per heavy atom. The average molecular weight is 363 g/mol. The van der Waals surface area contributed by atoms with E-state index in [1.165, 1.54) is 19.4 Å². The largest absolute Gasteiger partial charge is 0.490 e. The van der Waals surface area contributed by atoms with E-state index in [4.69, 9.17) is 9.15 Å². The van der Waals surface area contributed by atoms with Crippen LogP contribution in [0.25, 0.3) is 0 Å². The summed E-state index contributed by atoms with van der Waals surface area (Å²) in [6, 6.07) is 1.76. The van der Waals surface area contributed by atoms with Gasteiger partial charge in [-0.05, 0) is 32.7 Å². The molecule has 0 spiro atoms. The molecule has 2 saturated heterocycles. The maximum atomic E-state index is 12.6. The molecule has 1 aromatic heterocycles. The molecule has 1 amide bonds. The summed E-state index contributed by atoms with van der Waals surface area (Å²) < 4.78 is 10.2. The number of piperazine rings is 1. The normalized spacial score (nSPS) is 21.6. The van der Waals surface area contributed by atoms with Crippen molar-refractivity contribution >= 4 is 5.91 Å². The number of hydrogen-bond acceptors (Lipinski definition) is 6. The van der Waals surface area contributed by atoms with Gasteiger partial charge in [0.25, 0.3) is 5.91 Å². The van der Waals surface area contributed by atoms with Crippen LogP contribution >= 0.6 is 0 Å². The number of rotatable bonds is 4. The van der Waals surface area contributed by atoms with Crippen molar-refractivity contribution in [2.24, 2.45) is 5.92 Å². The molecule has 1 aromatic rings. The standard InChI is InChI=1S/C19H29N3O4/c1-14(21-10-8-20(2)9-11-21)15-4-6-22(7-5-15)19(24)17-12-16(23)18(25-3)13-26-17/h12-15H,4-11H2,1-3H3. The van der Waals surface area contributed by atoms with E-state index in [2.05, 4.69) is 23.8 Å². The summed E-state index contributed by atoms with van der Waals surface area (Å²) in [7, 11) is 3.57. The Kier molecular flexibility index (Phi) is 5.98. The summed E-state index contributed by atoms with van der Waals surface area (Å²) >= 11 is 0. The molecule has 0 N–H and O–H groups in total. The smallest absolute Gasteiger partial charge is 0.289 e. The van der Waals surface area contributed by atoms with E-state index in [-0.39, 0.29) is 22.8 Å². The van der Waals surface area contributed by atoms with Gasteiger partial charge in [-0.25, -0.2) is 0 Å². The molecular formula is C19H29N3O4. The second kappa shape index (κ2) is 8.22. The zero-order chi connectivity index (χ0) is 18.7. The number of carbonyl (C=O) groups is 1. The molecule has 0 aliphatic carbocycles. The van der Waals surface area contributed by atoms with Crippen molar-refractivity contribution < 1.29 is 13.9 Å². The monoisotopic (exact) mass is 363 g/mol. The van der Waals surface area contributed by atoms with Crippen LogP contribution in [0.3, 0.4) is 0 Å². The van der Waals surface area contributed by atoms with Crippen molar-refractivity contribution in [1.29, 1.82) is 0 Å². The number of likely N-dealkylation sites (N-methyl/N-ethyl adjacent to an activating group) is 1. The first-order chi connectivity index (χ1) is 12.5. The van der Waals surface area contributed by atoms with Crippen molar-refractivity contribution in [3.8, 4) is 5.75 Å². The van der Waals surface area contributed by atoms with Gasteiger partial charge in [0, 0.05) is 51.4 Å². The Morgan fingerprint density at radius 1 is 1.19 bits per heavy atom. The van der Waals surface area contributed by atoms with Gasteiger partial charge in [-0.1, -0.05) is 0 Å². The van der Waals surface area contributed by atoms with Crippen molar-refractivity contribution in [3.63, 3.8) is 0 Å². The number of nitrogens with zero attached hydrogens (tertiary/aromatic N) is 3. The van der Waals surface area contributed by atoms with Crippen LogP contribution in [0.5, 0.6) is 5.75 Å². The van der Waals surface area contributed by atoms with Gasteiger partial charge in [-0.3, -0.25) is 14.5 Å². The van der Waals surface area contributed by atoms with Crippen LogP contribution in [0.1, 0.15) is 30.3 Å². The molecule has 2 fully saturated rings. The molecule has 0 bridgehead atoms. The van der Waals surface area contributed by atoms with Crippen LogP contribution < -0.4 is 10.2 Å². The number of methoxy groups -OCH3 is 1. The Hall–Kier alpha value is -1.86. The molecule has 144 valence electrons. The number of hydrogen-bond donors (Lipinski definition) is 0. The summed E-state index contributed by atoms with van der Waals surface area (Å²) in [6.45, 7) is 8.21. The van der Waals surface area contributed by atoms with Crippen LogP contribution in [-0.4, -0.2) is 80.1 Å². The quantitative estimate of drug-likeness (QED) is 0.799. The summed E-state index contributed by atoms with van der Waals surface area (Å²) in [4.78, 5) is 31.2. The van der Waals surface area contributed by atoms with Crippen molar-refractivity contribution in [2.45, 2.75) is 25.8 Å². The minimum absolute atomic E-state index is 0.0846. The number of carbonyl (C=O) groups excluding carboxylic acids is 1. The van der Waals surface area contributed by atoms with Crippen molar-refractivity contribution in [3.05, 3.63) is 28.3 Å². The van der Waals surface area contributed by atoms with Crippen LogP contribution in [0.2, 0.25) is 0 Å². The first-order valence-electron chi connectivity index (χ1n) is 9.38. The highest BCUT2D eigenvalue weighted by Crippen LogP contribution is 2.25. The maximum absolute atomic E-state index is 12.6. The second-order valence-corrected chi connectivity index (χ2v) is 7.39. The lowest BCUT2D eigenvalue weighted by Gasteiger charge is -2.42. The van der Waals surface area contributed by atoms with Gasteiger partial charge in [-0.2, -0.15) is 0 Å². The highest BCUT2D eigenvalue weighted by Gasteiger charge is 2.31. The van der Waals surface area contributed by atoms with Gasteiger partial charge in [0.05, 0.1) is 7.11 Å². The topological polar surface area (TPSA) is 66.2 Å². The zero-order valence-corrected chi connectivity index (χ0v) is 15.9. The van der Waals surface area contributed by atoms with E-state index >= 15 is 0 Å². The Morgan fingerprint density at radius 3 is 2.42 bits per heavy atom. The molecule has 3 heterocycles. The number of piperidine rings is 1. The van der Waals surface area contributed by atoms with Crippen molar-refractivity contribution in [2.75, 3.05) is 53.4 Å². The minimum atomic E-state index is -0.333. The predicted octanol–water partition coefficient (Wildman–Crippen LogP) is 1.14. The molecule has 0 radical (unpaired) electrons. The molecule has 3 rings (SSSR count). The summed E-state index contributed by atoms with van der Waals surface area (Å²) in [5, 5.41) is 0. The SMILES string of the molecule is COc1coc(C(=O)N2CCC(C(C)N3CCN(C)CC3)CC2)cc1=O. The number of ether oxygens (including phenoxy) is 1. The van der Waals surface area contributed by atoms with E-state index in [1.807, 2.05) is 0 Å². The molecule has 1 unspecified atom stereocenters. The fraction of sp³-hybridized carbons (Fsp3) is 0.684. The molecular weight excluding hydrogens is 334 g/mol. The van der Waals surface area contributed by atoms with Crippen LogP contribution in [0, 0.1) is 5.92 Å². The lowest BCUT2D eigenvalue weighted by molar-refractivity contribution is 0.0479. The summed E-state index contributed by atoms with van der Waals surface area (Å²) in [6.07, 6.45) is 3.18. The van der Waals surface area contributed by atoms with E-state index in [9.17, 15) is 9.59 Å². The summed E-state index contributed by atoms with van der Waals surface area (Å²) in [5.74, 6) is 0.586. The third-order valence-electron chi connectivity index (χ3n) is 5.85. The van der Waals surface area contributed by atoms with Crippen molar-refractivity contribution in [1.82, 2.24) is 14.7 Å². The molecule has 2 aliphatic rings. The molecule has 7 nitrogen and oxygen atoms in total. The first kappa shape index (κ1) is 18.9. The van der Waals surface area contributed by atoms with E-state index < -0.39 is 0 Å². The molecule has 0 aromatic carbocycles. The lowest BCUT2D eigenvalue weighted by Crippen LogP contribution is -2.52. The van der Waals surface area contributed by atoms with Gasteiger partial charge in [0.1, 0.15) is 6.26 Å². The second-order valence-electron chi connectivity index (χ2n) is 7.39. The number of likely N-dealkylation sites (tertiary alicyclic amines) is 1. The highest BCUT2D eigenvalue weighted by atomic mass is 16.5. The van der Waals surface area contributed by atoms with Gasteiger partial charge < -0.3 is 19.0 Å². The minimum Gasteiger partial charge on any atom is -0.490 e. The summed E-state index contributed by atoms with van der Waals surface area (Å²) in [5.41, 5.74) is -0.333. The predicted molar refractivity (Wildman–Crippen MR) is 98.7 cm³/mol. The van der Waals surface area contributed by atoms with Gasteiger partial charge in [0.2, 0.25) is 11.2 Å². The molecule has 2 aliphatic heterocycles. The fourth-order valence-electron chi connectivity index (χ4n) is 3.93. The Balaban J connectivity index is 1.55. The fourth-order valence-corrected chi connectivity index (χ4v) is 3.93. The average Bonchev–Trinajstić information content (AvgIpc) is 2.67. The number of amides is 1. The van der Waals surface area contributed by atoms with E-state index in [1.54, 1.807) is 4.90 Å². The molecule has 0 saturated carbocycles. The van der Waals surface area contributed by atoms with E-state index in [0.29, 0.717) is 25.0 Å². The van der Waals surface area contributed by atoms with Crippen LogP contribution in [-0.2, 0) is 0 Å².